The number of esters is 1. The van der Waals surface area contributed by atoms with Gasteiger partial charge in [-0.1, -0.05) is 42.5 Å². The summed E-state index contributed by atoms with van der Waals surface area (Å²) in [5.74, 6) is -2.67. The van der Waals surface area contributed by atoms with Crippen LogP contribution in [-0.2, 0) is 23.9 Å². The molecule has 1 fully saturated rings. The summed E-state index contributed by atoms with van der Waals surface area (Å²) in [7, 11) is 0. The number of nitrogens with zero attached hydrogens (tertiary/aromatic N) is 1. The molecule has 3 amide bonds. The number of fused-ring (bicyclic) bond motifs is 1. The Bertz CT molecular complexity index is 748. The molecule has 0 bridgehead atoms. The van der Waals surface area contributed by atoms with Gasteiger partial charge in [0.2, 0.25) is 11.8 Å². The molecule has 3 atom stereocenters. The van der Waals surface area contributed by atoms with E-state index in [1.165, 1.54) is 0 Å². The van der Waals surface area contributed by atoms with E-state index in [2.05, 4.69) is 5.32 Å². The second-order valence-electron chi connectivity index (χ2n) is 6.78. The molecule has 7 heteroatoms. The number of hydrogen-bond acceptors (Lipinski definition) is 5. The van der Waals surface area contributed by atoms with Gasteiger partial charge in [0.1, 0.15) is 6.54 Å². The van der Waals surface area contributed by atoms with Gasteiger partial charge in [-0.15, -0.1) is 0 Å². The third-order valence-corrected chi connectivity index (χ3v) is 4.93. The zero-order valence-electron chi connectivity index (χ0n) is 15.1. The summed E-state index contributed by atoms with van der Waals surface area (Å²) in [6, 6.07) is 9.16. The minimum absolute atomic E-state index is 0.227. The zero-order chi connectivity index (χ0) is 19.4. The van der Waals surface area contributed by atoms with Crippen molar-refractivity contribution in [3.8, 4) is 0 Å². The van der Waals surface area contributed by atoms with Gasteiger partial charge in [0.15, 0.2) is 6.61 Å². The molecule has 1 aliphatic carbocycles. The van der Waals surface area contributed by atoms with E-state index >= 15 is 0 Å². The molecule has 0 spiro atoms. The molecule has 1 aromatic rings. The maximum absolute atomic E-state index is 12.3. The molecule has 7 nitrogen and oxygen atoms in total. The van der Waals surface area contributed by atoms with E-state index in [0.717, 1.165) is 10.5 Å². The van der Waals surface area contributed by atoms with Gasteiger partial charge < -0.3 is 10.1 Å². The summed E-state index contributed by atoms with van der Waals surface area (Å²) in [5, 5.41) is 2.73. The van der Waals surface area contributed by atoms with Gasteiger partial charge in [-0.25, -0.2) is 0 Å². The fraction of sp³-hybridized carbons (Fsp3) is 0.400. The number of amides is 3. The van der Waals surface area contributed by atoms with Crippen LogP contribution in [0.15, 0.2) is 42.5 Å². The number of rotatable bonds is 6. The van der Waals surface area contributed by atoms with E-state index in [9.17, 15) is 19.2 Å². The molecular formula is C20H22N2O5. The number of hydrogen-bond donors (Lipinski definition) is 1. The molecule has 1 aromatic carbocycles. The first-order valence-corrected chi connectivity index (χ1v) is 8.97. The van der Waals surface area contributed by atoms with Crippen molar-refractivity contribution in [1.82, 2.24) is 10.2 Å². The zero-order valence-corrected chi connectivity index (χ0v) is 15.1. The molecule has 0 aromatic heterocycles. The van der Waals surface area contributed by atoms with Gasteiger partial charge in [0, 0.05) is 0 Å². The van der Waals surface area contributed by atoms with Crippen molar-refractivity contribution in [2.75, 3.05) is 13.2 Å². The van der Waals surface area contributed by atoms with Crippen LogP contribution in [0.5, 0.6) is 0 Å². The molecule has 27 heavy (non-hydrogen) atoms. The fourth-order valence-electron chi connectivity index (χ4n) is 3.45. The Balaban J connectivity index is 1.46. The summed E-state index contributed by atoms with van der Waals surface area (Å²) in [6.45, 7) is 0.916. The lowest BCUT2D eigenvalue weighted by Crippen LogP contribution is -2.38. The van der Waals surface area contributed by atoms with Gasteiger partial charge in [-0.05, 0) is 25.3 Å². The predicted octanol–water partition coefficient (Wildman–Crippen LogP) is 1.36. The minimum Gasteiger partial charge on any atom is -0.454 e. The van der Waals surface area contributed by atoms with Crippen molar-refractivity contribution in [2.45, 2.75) is 25.8 Å². The normalized spacial score (nSPS) is 22.3. The lowest BCUT2D eigenvalue weighted by Gasteiger charge is -2.16. The molecule has 1 saturated heterocycles. The summed E-state index contributed by atoms with van der Waals surface area (Å²) in [5.41, 5.74) is 0.932. The Labute approximate surface area is 157 Å². The van der Waals surface area contributed by atoms with Gasteiger partial charge in [-0.3, -0.25) is 24.1 Å². The highest BCUT2D eigenvalue weighted by Gasteiger charge is 2.47. The van der Waals surface area contributed by atoms with Crippen LogP contribution in [0.3, 0.4) is 0 Å². The molecule has 2 aliphatic rings. The lowest BCUT2D eigenvalue weighted by molar-refractivity contribution is -0.155. The Morgan fingerprint density at radius 2 is 1.70 bits per heavy atom. The van der Waals surface area contributed by atoms with E-state index in [1.54, 1.807) is 0 Å². The topological polar surface area (TPSA) is 92.8 Å². The van der Waals surface area contributed by atoms with Crippen LogP contribution in [0.1, 0.15) is 31.4 Å². The Kier molecular flexibility index (Phi) is 5.69. The number of imide groups is 1. The Hall–Kier alpha value is -2.96. The van der Waals surface area contributed by atoms with Crippen molar-refractivity contribution in [2.24, 2.45) is 11.8 Å². The highest BCUT2D eigenvalue weighted by molar-refractivity contribution is 6.07. The van der Waals surface area contributed by atoms with Gasteiger partial charge in [0.05, 0.1) is 17.9 Å². The van der Waals surface area contributed by atoms with Crippen LogP contribution in [0, 0.1) is 11.8 Å². The van der Waals surface area contributed by atoms with Gasteiger partial charge in [0.25, 0.3) is 5.91 Å². The summed E-state index contributed by atoms with van der Waals surface area (Å²) in [4.78, 5) is 49.5. The Morgan fingerprint density at radius 3 is 2.30 bits per heavy atom. The number of carbonyl (C=O) groups is 4. The van der Waals surface area contributed by atoms with E-state index in [0.29, 0.717) is 12.8 Å². The fourth-order valence-corrected chi connectivity index (χ4v) is 3.45. The van der Waals surface area contributed by atoms with Crippen molar-refractivity contribution in [3.63, 3.8) is 0 Å². The van der Waals surface area contributed by atoms with Crippen LogP contribution in [0.4, 0.5) is 0 Å². The van der Waals surface area contributed by atoms with E-state index in [-0.39, 0.29) is 29.7 Å². The Morgan fingerprint density at radius 1 is 1.11 bits per heavy atom. The first-order chi connectivity index (χ1) is 13.0. The van der Waals surface area contributed by atoms with Gasteiger partial charge >= 0.3 is 5.97 Å². The highest BCUT2D eigenvalue weighted by atomic mass is 16.5. The number of allylic oxidation sites excluding steroid dienone is 2. The van der Waals surface area contributed by atoms with Crippen molar-refractivity contribution < 1.29 is 23.9 Å². The smallest absolute Gasteiger partial charge is 0.326 e. The molecular weight excluding hydrogens is 348 g/mol. The first kappa shape index (κ1) is 18.8. The average molecular weight is 370 g/mol. The summed E-state index contributed by atoms with van der Waals surface area (Å²) in [6.07, 6.45) is 4.79. The highest BCUT2D eigenvalue weighted by Crippen LogP contribution is 2.34. The van der Waals surface area contributed by atoms with Crippen LogP contribution in [0.25, 0.3) is 0 Å². The second kappa shape index (κ2) is 8.16. The van der Waals surface area contributed by atoms with Crippen LogP contribution >= 0.6 is 0 Å². The number of nitrogens with one attached hydrogen (secondary N) is 1. The van der Waals surface area contributed by atoms with Gasteiger partial charge in [-0.2, -0.15) is 0 Å². The molecule has 3 rings (SSSR count). The van der Waals surface area contributed by atoms with E-state index in [4.69, 9.17) is 4.74 Å². The van der Waals surface area contributed by atoms with Crippen molar-refractivity contribution >= 4 is 23.7 Å². The molecule has 1 heterocycles. The lowest BCUT2D eigenvalue weighted by atomic mass is 9.85. The maximum Gasteiger partial charge on any atom is 0.326 e. The molecule has 0 radical (unpaired) electrons. The standard InChI is InChI=1S/C20H22N2O5/c1-13(14-7-3-2-4-8-14)21-17(23)12-27-18(24)11-22-19(25)15-9-5-6-10-16(15)20(22)26/h2-8,13,15-16H,9-12H2,1H3,(H,21,23)/t13-,15-,16+/m1/s1. The largest absolute Gasteiger partial charge is 0.454 e. The number of carbonyl (C=O) groups excluding carboxylic acids is 4. The summed E-state index contributed by atoms with van der Waals surface area (Å²) < 4.78 is 4.94. The second-order valence-corrected chi connectivity index (χ2v) is 6.78. The molecule has 1 N–H and O–H groups in total. The third-order valence-electron chi connectivity index (χ3n) is 4.93. The number of likely N-dealkylation sites (tertiary alicyclic amines) is 1. The molecule has 0 unspecified atom stereocenters. The van der Waals surface area contributed by atoms with Crippen molar-refractivity contribution in [3.05, 3.63) is 48.0 Å². The predicted molar refractivity (Wildman–Crippen MR) is 96.0 cm³/mol. The summed E-state index contributed by atoms with van der Waals surface area (Å²) >= 11 is 0. The monoisotopic (exact) mass is 370 g/mol. The third kappa shape index (κ3) is 4.24. The number of benzene rings is 1. The first-order valence-electron chi connectivity index (χ1n) is 8.97. The van der Waals surface area contributed by atoms with Crippen molar-refractivity contribution in [1.29, 1.82) is 0 Å². The van der Waals surface area contributed by atoms with E-state index in [1.807, 2.05) is 49.4 Å². The maximum atomic E-state index is 12.3. The van der Waals surface area contributed by atoms with Crippen LogP contribution in [0.2, 0.25) is 0 Å². The van der Waals surface area contributed by atoms with Crippen LogP contribution < -0.4 is 5.32 Å². The molecule has 142 valence electrons. The quantitative estimate of drug-likeness (QED) is 0.464. The number of ether oxygens (including phenoxy) is 1. The molecule has 0 saturated carbocycles. The average Bonchev–Trinajstić information content (AvgIpc) is 2.92. The van der Waals surface area contributed by atoms with Crippen LogP contribution in [-0.4, -0.2) is 41.7 Å². The minimum atomic E-state index is -0.772. The van der Waals surface area contributed by atoms with E-state index < -0.39 is 25.0 Å². The molecule has 1 aliphatic heterocycles. The SMILES string of the molecule is C[C@@H](NC(=O)COC(=O)CN1C(=O)[C@H]2CC=CC[C@H]2C1=O)c1ccccc1.